The zero-order valence-electron chi connectivity index (χ0n) is 10.9. The van der Waals surface area contributed by atoms with E-state index in [2.05, 4.69) is 35.4 Å². The third-order valence-electron chi connectivity index (χ3n) is 3.33. The second-order valence-corrected chi connectivity index (χ2v) is 6.66. The van der Waals surface area contributed by atoms with E-state index in [0.717, 1.165) is 23.9 Å². The summed E-state index contributed by atoms with van der Waals surface area (Å²) in [6, 6.07) is 0.359. The van der Waals surface area contributed by atoms with E-state index in [9.17, 15) is 0 Å². The number of anilines is 1. The average Bonchev–Trinajstić information content (AvgIpc) is 2.82. The SMILES string of the molecule is CC(C)(C)c1nsc(NCC2CCCC2N)n1. The lowest BCUT2D eigenvalue weighted by atomic mass is 9.96. The summed E-state index contributed by atoms with van der Waals surface area (Å²) in [7, 11) is 0. The predicted octanol–water partition coefficient (Wildman–Crippen LogP) is 2.37. The van der Waals surface area contributed by atoms with Gasteiger partial charge in [0.1, 0.15) is 5.82 Å². The molecule has 5 heteroatoms. The molecule has 17 heavy (non-hydrogen) atoms. The zero-order valence-corrected chi connectivity index (χ0v) is 11.7. The van der Waals surface area contributed by atoms with Gasteiger partial charge in [-0.1, -0.05) is 27.2 Å². The number of hydrogen-bond acceptors (Lipinski definition) is 5. The summed E-state index contributed by atoms with van der Waals surface area (Å²) in [5, 5.41) is 4.30. The van der Waals surface area contributed by atoms with Crippen molar-refractivity contribution in [2.75, 3.05) is 11.9 Å². The van der Waals surface area contributed by atoms with Gasteiger partial charge in [0, 0.05) is 29.5 Å². The van der Waals surface area contributed by atoms with Crippen LogP contribution in [0.2, 0.25) is 0 Å². The molecule has 3 N–H and O–H groups in total. The van der Waals surface area contributed by atoms with Gasteiger partial charge < -0.3 is 11.1 Å². The lowest BCUT2D eigenvalue weighted by molar-refractivity contribution is 0.504. The minimum atomic E-state index is 0.0280. The Labute approximate surface area is 107 Å². The van der Waals surface area contributed by atoms with E-state index in [1.807, 2.05) is 0 Å². The third-order valence-corrected chi connectivity index (χ3v) is 4.00. The molecule has 0 saturated heterocycles. The molecule has 2 rings (SSSR count). The minimum Gasteiger partial charge on any atom is -0.360 e. The Morgan fingerprint density at radius 2 is 2.18 bits per heavy atom. The first-order valence-corrected chi connectivity index (χ1v) is 7.08. The van der Waals surface area contributed by atoms with Crippen LogP contribution < -0.4 is 11.1 Å². The number of hydrogen-bond donors (Lipinski definition) is 2. The highest BCUT2D eigenvalue weighted by Gasteiger charge is 2.24. The quantitative estimate of drug-likeness (QED) is 0.869. The van der Waals surface area contributed by atoms with E-state index in [4.69, 9.17) is 5.73 Å². The largest absolute Gasteiger partial charge is 0.360 e. The third kappa shape index (κ3) is 3.16. The predicted molar refractivity (Wildman–Crippen MR) is 72.4 cm³/mol. The molecule has 1 aromatic rings. The molecule has 1 aliphatic rings. The molecule has 0 amide bonds. The smallest absolute Gasteiger partial charge is 0.202 e. The van der Waals surface area contributed by atoms with E-state index >= 15 is 0 Å². The van der Waals surface area contributed by atoms with E-state index in [0.29, 0.717) is 12.0 Å². The maximum Gasteiger partial charge on any atom is 0.202 e. The molecule has 2 atom stereocenters. The highest BCUT2D eigenvalue weighted by Crippen LogP contribution is 2.26. The molecular formula is C12H22N4S. The van der Waals surface area contributed by atoms with Gasteiger partial charge in [-0.2, -0.15) is 4.37 Å². The molecule has 0 bridgehead atoms. The lowest BCUT2D eigenvalue weighted by Gasteiger charge is -2.15. The minimum absolute atomic E-state index is 0.0280. The second kappa shape index (κ2) is 4.90. The molecular weight excluding hydrogens is 232 g/mol. The van der Waals surface area contributed by atoms with Crippen LogP contribution >= 0.6 is 11.5 Å². The Balaban J connectivity index is 1.89. The molecule has 1 fully saturated rings. The van der Waals surface area contributed by atoms with Gasteiger partial charge in [-0.25, -0.2) is 4.98 Å². The van der Waals surface area contributed by atoms with Crippen molar-refractivity contribution < 1.29 is 0 Å². The lowest BCUT2D eigenvalue weighted by Crippen LogP contribution is -2.29. The fourth-order valence-corrected chi connectivity index (χ4v) is 2.90. The first-order chi connectivity index (χ1) is 7.97. The Morgan fingerprint density at radius 1 is 1.41 bits per heavy atom. The molecule has 1 saturated carbocycles. The number of nitrogens with one attached hydrogen (secondary N) is 1. The molecule has 4 nitrogen and oxygen atoms in total. The van der Waals surface area contributed by atoms with Crippen LogP contribution in [0, 0.1) is 5.92 Å². The summed E-state index contributed by atoms with van der Waals surface area (Å²) in [6.07, 6.45) is 3.66. The summed E-state index contributed by atoms with van der Waals surface area (Å²) >= 11 is 1.45. The average molecular weight is 254 g/mol. The monoisotopic (exact) mass is 254 g/mol. The summed E-state index contributed by atoms with van der Waals surface area (Å²) in [5.41, 5.74) is 6.07. The standard InChI is InChI=1S/C12H22N4S/c1-12(2,3)10-15-11(17-16-10)14-7-8-5-4-6-9(8)13/h8-9H,4-7,13H2,1-3H3,(H,14,15,16). The van der Waals surface area contributed by atoms with Gasteiger partial charge in [0.15, 0.2) is 0 Å². The molecule has 96 valence electrons. The van der Waals surface area contributed by atoms with Crippen LogP contribution in [0.25, 0.3) is 0 Å². The zero-order chi connectivity index (χ0) is 12.5. The molecule has 1 heterocycles. The fourth-order valence-electron chi connectivity index (χ4n) is 2.14. The first kappa shape index (κ1) is 12.8. The van der Waals surface area contributed by atoms with Gasteiger partial charge >= 0.3 is 0 Å². The van der Waals surface area contributed by atoms with E-state index < -0.39 is 0 Å². The van der Waals surface area contributed by atoms with Crippen LogP contribution in [-0.4, -0.2) is 21.9 Å². The Morgan fingerprint density at radius 3 is 2.71 bits per heavy atom. The number of rotatable bonds is 3. The molecule has 0 aliphatic heterocycles. The van der Waals surface area contributed by atoms with Gasteiger partial charge in [0.2, 0.25) is 5.13 Å². The maximum atomic E-state index is 6.04. The molecule has 0 radical (unpaired) electrons. The van der Waals surface area contributed by atoms with Crippen molar-refractivity contribution in [3.05, 3.63) is 5.82 Å². The first-order valence-electron chi connectivity index (χ1n) is 6.30. The Bertz CT molecular complexity index is 369. The number of nitrogens with zero attached hydrogens (tertiary/aromatic N) is 2. The van der Waals surface area contributed by atoms with Crippen LogP contribution in [0.5, 0.6) is 0 Å². The molecule has 0 aromatic carbocycles. The van der Waals surface area contributed by atoms with Gasteiger partial charge in [-0.15, -0.1) is 0 Å². The van der Waals surface area contributed by atoms with Crippen LogP contribution in [0.3, 0.4) is 0 Å². The second-order valence-electron chi connectivity index (χ2n) is 5.91. The van der Waals surface area contributed by atoms with Crippen molar-refractivity contribution in [1.29, 1.82) is 0 Å². The van der Waals surface area contributed by atoms with E-state index in [1.165, 1.54) is 24.4 Å². The number of aromatic nitrogens is 2. The maximum absolute atomic E-state index is 6.04. The van der Waals surface area contributed by atoms with Crippen molar-refractivity contribution >= 4 is 16.7 Å². The van der Waals surface area contributed by atoms with E-state index in [1.54, 1.807) is 0 Å². The summed E-state index contributed by atoms with van der Waals surface area (Å²) in [5.74, 6) is 1.51. The van der Waals surface area contributed by atoms with Crippen molar-refractivity contribution in [3.63, 3.8) is 0 Å². The van der Waals surface area contributed by atoms with Crippen molar-refractivity contribution in [2.45, 2.75) is 51.5 Å². The number of nitrogens with two attached hydrogens (primary N) is 1. The van der Waals surface area contributed by atoms with Crippen LogP contribution in [0.15, 0.2) is 0 Å². The van der Waals surface area contributed by atoms with Gasteiger partial charge in [-0.3, -0.25) is 0 Å². The summed E-state index contributed by atoms with van der Waals surface area (Å²) in [6.45, 7) is 7.32. The topological polar surface area (TPSA) is 63.8 Å². The highest BCUT2D eigenvalue weighted by molar-refractivity contribution is 7.09. The molecule has 1 aliphatic carbocycles. The molecule has 2 unspecified atom stereocenters. The summed E-state index contributed by atoms with van der Waals surface area (Å²) in [4.78, 5) is 4.52. The van der Waals surface area contributed by atoms with Gasteiger partial charge in [-0.05, 0) is 18.8 Å². The normalized spacial score (nSPS) is 25.2. The van der Waals surface area contributed by atoms with Crippen molar-refractivity contribution in [3.8, 4) is 0 Å². The Kier molecular flexibility index (Phi) is 3.68. The Hall–Kier alpha value is -0.680. The van der Waals surface area contributed by atoms with Crippen molar-refractivity contribution in [2.24, 2.45) is 11.7 Å². The van der Waals surface area contributed by atoms with Crippen molar-refractivity contribution in [1.82, 2.24) is 9.36 Å². The van der Waals surface area contributed by atoms with Crippen LogP contribution in [0.1, 0.15) is 45.9 Å². The van der Waals surface area contributed by atoms with Crippen LogP contribution in [-0.2, 0) is 5.41 Å². The fraction of sp³-hybridized carbons (Fsp3) is 0.833. The van der Waals surface area contributed by atoms with Gasteiger partial charge in [0.05, 0.1) is 0 Å². The van der Waals surface area contributed by atoms with Gasteiger partial charge in [0.25, 0.3) is 0 Å². The molecule has 0 spiro atoms. The van der Waals surface area contributed by atoms with Crippen LogP contribution in [0.4, 0.5) is 5.13 Å². The highest BCUT2D eigenvalue weighted by atomic mass is 32.1. The molecule has 1 aromatic heterocycles. The summed E-state index contributed by atoms with van der Waals surface area (Å²) < 4.78 is 4.39. The van der Waals surface area contributed by atoms with E-state index in [-0.39, 0.29) is 5.41 Å².